The molecule has 154 valence electrons. The van der Waals surface area contributed by atoms with Crippen LogP contribution in [0.2, 0.25) is 0 Å². The predicted molar refractivity (Wildman–Crippen MR) is 118 cm³/mol. The molecule has 0 bridgehead atoms. The lowest BCUT2D eigenvalue weighted by atomic mass is 10.0. The van der Waals surface area contributed by atoms with Gasteiger partial charge in [-0.2, -0.15) is 0 Å². The molecule has 0 spiro atoms. The van der Waals surface area contributed by atoms with Crippen LogP contribution in [0.1, 0.15) is 82.1 Å². The number of nitrogens with zero attached hydrogens (tertiary/aromatic N) is 1. The van der Waals surface area contributed by atoms with Crippen LogP contribution in [0.25, 0.3) is 10.4 Å². The molecule has 3 rings (SSSR count). The van der Waals surface area contributed by atoms with Crippen LogP contribution in [-0.4, -0.2) is 18.2 Å². The first-order valence-corrected chi connectivity index (χ1v) is 11.9. The molecule has 0 atom stereocenters. The van der Waals surface area contributed by atoms with E-state index in [0.717, 1.165) is 24.5 Å². The third kappa shape index (κ3) is 6.40. The van der Waals surface area contributed by atoms with Crippen LogP contribution >= 0.6 is 11.3 Å². The third-order valence-corrected chi connectivity index (χ3v) is 6.59. The van der Waals surface area contributed by atoms with Crippen molar-refractivity contribution in [3.8, 4) is 10.4 Å². The van der Waals surface area contributed by atoms with Crippen molar-refractivity contribution < 1.29 is 9.47 Å². The van der Waals surface area contributed by atoms with Gasteiger partial charge < -0.3 is 9.47 Å². The summed E-state index contributed by atoms with van der Waals surface area (Å²) >= 11 is 1.75. The summed E-state index contributed by atoms with van der Waals surface area (Å²) in [7, 11) is 0. The van der Waals surface area contributed by atoms with Gasteiger partial charge in [0.05, 0.1) is 18.1 Å². The summed E-state index contributed by atoms with van der Waals surface area (Å²) in [6.07, 6.45) is 13.2. The van der Waals surface area contributed by atoms with E-state index in [4.69, 9.17) is 9.47 Å². The van der Waals surface area contributed by atoms with Crippen molar-refractivity contribution in [2.75, 3.05) is 13.2 Å². The summed E-state index contributed by atoms with van der Waals surface area (Å²) in [5.41, 5.74) is 2.36. The quantitative estimate of drug-likeness (QED) is 0.374. The number of aromatic nitrogens is 1. The van der Waals surface area contributed by atoms with Crippen LogP contribution < -0.4 is 0 Å². The van der Waals surface area contributed by atoms with E-state index in [1.54, 1.807) is 11.3 Å². The molecule has 0 unspecified atom stereocenters. The third-order valence-electron chi connectivity index (χ3n) is 5.44. The van der Waals surface area contributed by atoms with Gasteiger partial charge in [0.2, 0.25) is 0 Å². The number of ether oxygens (including phenoxy) is 2. The first-order valence-electron chi connectivity index (χ1n) is 11.1. The second-order valence-corrected chi connectivity index (χ2v) is 9.03. The second kappa shape index (κ2) is 11.7. The van der Waals surface area contributed by atoms with Crippen molar-refractivity contribution in [3.63, 3.8) is 0 Å². The van der Waals surface area contributed by atoms with Gasteiger partial charge in [0.15, 0.2) is 6.29 Å². The smallest absolute Gasteiger partial charge is 0.193 e. The van der Waals surface area contributed by atoms with E-state index in [2.05, 4.69) is 43.1 Å². The normalized spacial score (nSPS) is 19.8. The molecule has 0 aliphatic carbocycles. The standard InChI is InChI=1S/C24H35NO2S/c1-3-5-7-8-9-10-19-17-26-24(27-18-19)23-15-14-22(28-23)20-12-13-21(25-16-20)11-6-4-2/h12-16,19,24H,3-11,17-18H2,1-2H3/t19-,24-. The highest BCUT2D eigenvalue weighted by Crippen LogP contribution is 2.35. The van der Waals surface area contributed by atoms with Crippen LogP contribution in [0, 0.1) is 5.92 Å². The van der Waals surface area contributed by atoms with E-state index in [-0.39, 0.29) is 6.29 Å². The molecule has 0 saturated carbocycles. The number of pyridine rings is 1. The molecule has 28 heavy (non-hydrogen) atoms. The van der Waals surface area contributed by atoms with Gasteiger partial charge in [0, 0.05) is 28.2 Å². The van der Waals surface area contributed by atoms with E-state index in [1.165, 1.54) is 67.5 Å². The summed E-state index contributed by atoms with van der Waals surface area (Å²) in [4.78, 5) is 7.01. The summed E-state index contributed by atoms with van der Waals surface area (Å²) < 4.78 is 12.1. The number of hydrogen-bond donors (Lipinski definition) is 0. The van der Waals surface area contributed by atoms with Crippen LogP contribution in [-0.2, 0) is 15.9 Å². The van der Waals surface area contributed by atoms with Gasteiger partial charge >= 0.3 is 0 Å². The fraction of sp³-hybridized carbons (Fsp3) is 0.625. The number of hydrogen-bond acceptors (Lipinski definition) is 4. The highest BCUT2D eigenvalue weighted by molar-refractivity contribution is 7.15. The van der Waals surface area contributed by atoms with Crippen molar-refractivity contribution in [2.45, 2.75) is 77.9 Å². The first kappa shape index (κ1) is 21.5. The highest BCUT2D eigenvalue weighted by atomic mass is 32.1. The zero-order valence-electron chi connectivity index (χ0n) is 17.5. The summed E-state index contributed by atoms with van der Waals surface area (Å²) in [6, 6.07) is 8.64. The Bertz CT molecular complexity index is 674. The van der Waals surface area contributed by atoms with Gasteiger partial charge in [-0.25, -0.2) is 0 Å². The number of thiophene rings is 1. The van der Waals surface area contributed by atoms with Gasteiger partial charge in [0.25, 0.3) is 0 Å². The molecule has 3 heterocycles. The van der Waals surface area contributed by atoms with E-state index in [0.29, 0.717) is 5.92 Å². The molecule has 3 nitrogen and oxygen atoms in total. The maximum absolute atomic E-state index is 6.04. The zero-order chi connectivity index (χ0) is 19.6. The molecule has 1 fully saturated rings. The van der Waals surface area contributed by atoms with Gasteiger partial charge in [-0.05, 0) is 37.5 Å². The molecule has 1 aliphatic rings. The Morgan fingerprint density at radius 1 is 0.929 bits per heavy atom. The molecule has 0 amide bonds. The average Bonchev–Trinajstić information content (AvgIpc) is 3.23. The topological polar surface area (TPSA) is 31.4 Å². The molecule has 4 heteroatoms. The van der Waals surface area contributed by atoms with Crippen LogP contribution in [0.4, 0.5) is 0 Å². The minimum Gasteiger partial charge on any atom is -0.347 e. The van der Waals surface area contributed by atoms with Gasteiger partial charge in [-0.15, -0.1) is 11.3 Å². The number of unbranched alkanes of at least 4 members (excludes halogenated alkanes) is 5. The lowest BCUT2D eigenvalue weighted by molar-refractivity contribution is -0.204. The Hall–Kier alpha value is -1.23. The van der Waals surface area contributed by atoms with Crippen molar-refractivity contribution in [3.05, 3.63) is 41.0 Å². The zero-order valence-corrected chi connectivity index (χ0v) is 18.3. The van der Waals surface area contributed by atoms with Gasteiger partial charge in [-0.1, -0.05) is 58.4 Å². The van der Waals surface area contributed by atoms with Crippen LogP contribution in [0.5, 0.6) is 0 Å². The Balaban J connectivity index is 1.46. The lowest BCUT2D eigenvalue weighted by Gasteiger charge is -2.28. The number of rotatable bonds is 11. The highest BCUT2D eigenvalue weighted by Gasteiger charge is 2.24. The molecule has 0 aromatic carbocycles. The van der Waals surface area contributed by atoms with E-state index in [1.807, 2.05) is 6.20 Å². The Morgan fingerprint density at radius 2 is 1.71 bits per heavy atom. The molecule has 2 aromatic heterocycles. The molecular formula is C24H35NO2S. The lowest BCUT2D eigenvalue weighted by Crippen LogP contribution is -2.26. The molecule has 2 aromatic rings. The van der Waals surface area contributed by atoms with Crippen LogP contribution in [0.15, 0.2) is 30.5 Å². The summed E-state index contributed by atoms with van der Waals surface area (Å²) in [5.74, 6) is 0.553. The fourth-order valence-electron chi connectivity index (χ4n) is 3.62. The predicted octanol–water partition coefficient (Wildman–Crippen LogP) is 7.17. The molecule has 0 radical (unpaired) electrons. The summed E-state index contributed by atoms with van der Waals surface area (Å²) in [6.45, 7) is 6.11. The first-order chi connectivity index (χ1) is 13.8. The Labute approximate surface area is 174 Å². The molecule has 1 aliphatic heterocycles. The SMILES string of the molecule is CCCCCCC[C@H]1CO[C@H](c2ccc(-c3ccc(CCCC)nc3)s2)OC1. The second-order valence-electron chi connectivity index (χ2n) is 7.91. The van der Waals surface area contributed by atoms with Crippen molar-refractivity contribution in [1.29, 1.82) is 0 Å². The average molecular weight is 402 g/mol. The molecule has 1 saturated heterocycles. The van der Waals surface area contributed by atoms with Crippen molar-refractivity contribution in [2.24, 2.45) is 5.92 Å². The van der Waals surface area contributed by atoms with E-state index in [9.17, 15) is 0 Å². The minimum absolute atomic E-state index is 0.202. The van der Waals surface area contributed by atoms with Gasteiger partial charge in [-0.3, -0.25) is 4.98 Å². The van der Waals surface area contributed by atoms with Crippen molar-refractivity contribution >= 4 is 11.3 Å². The van der Waals surface area contributed by atoms with Crippen LogP contribution in [0.3, 0.4) is 0 Å². The molecule has 0 N–H and O–H groups in total. The minimum atomic E-state index is -0.202. The fourth-order valence-corrected chi connectivity index (χ4v) is 4.62. The monoisotopic (exact) mass is 401 g/mol. The Morgan fingerprint density at radius 3 is 2.43 bits per heavy atom. The van der Waals surface area contributed by atoms with E-state index >= 15 is 0 Å². The molecular weight excluding hydrogens is 366 g/mol. The maximum atomic E-state index is 6.04. The Kier molecular flexibility index (Phi) is 8.97. The summed E-state index contributed by atoms with van der Waals surface area (Å²) in [5, 5.41) is 0. The number of aryl methyl sites for hydroxylation is 1. The maximum Gasteiger partial charge on any atom is 0.193 e. The van der Waals surface area contributed by atoms with Crippen molar-refractivity contribution in [1.82, 2.24) is 4.98 Å². The largest absolute Gasteiger partial charge is 0.347 e. The van der Waals surface area contributed by atoms with E-state index < -0.39 is 0 Å². The van der Waals surface area contributed by atoms with Gasteiger partial charge in [0.1, 0.15) is 0 Å².